The van der Waals surface area contributed by atoms with Crippen molar-refractivity contribution < 1.29 is 5.11 Å². The summed E-state index contributed by atoms with van der Waals surface area (Å²) in [5.41, 5.74) is 4.99. The maximum atomic E-state index is 8.94. The highest BCUT2D eigenvalue weighted by Crippen LogP contribution is 2.32. The van der Waals surface area contributed by atoms with Crippen molar-refractivity contribution in [3.05, 3.63) is 47.3 Å². The van der Waals surface area contributed by atoms with Crippen molar-refractivity contribution >= 4 is 5.69 Å². The average molecular weight is 271 g/mol. The Morgan fingerprint density at radius 2 is 2.15 bits per heavy atom. The number of aliphatic hydroxyl groups is 1. The molecule has 1 aliphatic rings. The monoisotopic (exact) mass is 271 g/mol. The van der Waals surface area contributed by atoms with Crippen LogP contribution in [0.2, 0.25) is 0 Å². The summed E-state index contributed by atoms with van der Waals surface area (Å²) >= 11 is 0. The molecule has 0 amide bonds. The molecule has 20 heavy (non-hydrogen) atoms. The molecule has 0 radical (unpaired) electrons. The van der Waals surface area contributed by atoms with E-state index in [9.17, 15) is 0 Å². The summed E-state index contributed by atoms with van der Waals surface area (Å²) in [6.07, 6.45) is 6.19. The Hall–Kier alpha value is -1.81. The molecule has 0 spiro atoms. The number of fused-ring (bicyclic) bond motifs is 1. The zero-order valence-electron chi connectivity index (χ0n) is 11.8. The normalized spacial score (nSPS) is 17.8. The summed E-state index contributed by atoms with van der Waals surface area (Å²) in [4.78, 5) is 0. The van der Waals surface area contributed by atoms with Crippen molar-refractivity contribution in [3.8, 4) is 0 Å². The summed E-state index contributed by atoms with van der Waals surface area (Å²) in [6, 6.07) is 8.69. The van der Waals surface area contributed by atoms with Gasteiger partial charge in [-0.05, 0) is 43.4 Å². The molecule has 1 heterocycles. The Bertz CT molecular complexity index is 574. The fraction of sp³-hybridized carbons (Fsp3) is 0.438. The maximum Gasteiger partial charge on any atom is 0.0547 e. The van der Waals surface area contributed by atoms with Crippen LogP contribution in [0, 0.1) is 0 Å². The van der Waals surface area contributed by atoms with Gasteiger partial charge in [-0.25, -0.2) is 0 Å². The van der Waals surface area contributed by atoms with Crippen molar-refractivity contribution in [3.63, 3.8) is 0 Å². The zero-order chi connectivity index (χ0) is 13.9. The number of aryl methyl sites for hydroxylation is 1. The van der Waals surface area contributed by atoms with Crippen LogP contribution in [0.4, 0.5) is 5.69 Å². The van der Waals surface area contributed by atoms with Crippen molar-refractivity contribution in [2.24, 2.45) is 7.05 Å². The fourth-order valence-electron chi connectivity index (χ4n) is 2.95. The van der Waals surface area contributed by atoms with Crippen molar-refractivity contribution in [2.45, 2.75) is 31.7 Å². The van der Waals surface area contributed by atoms with Crippen molar-refractivity contribution in [1.29, 1.82) is 0 Å². The lowest BCUT2D eigenvalue weighted by molar-refractivity contribution is 0.299. The Balaban J connectivity index is 1.75. The van der Waals surface area contributed by atoms with Crippen LogP contribution in [0.3, 0.4) is 0 Å². The van der Waals surface area contributed by atoms with Gasteiger partial charge >= 0.3 is 0 Å². The minimum Gasteiger partial charge on any atom is -0.396 e. The van der Waals surface area contributed by atoms with E-state index in [1.165, 1.54) is 23.2 Å². The molecule has 2 N–H and O–H groups in total. The van der Waals surface area contributed by atoms with E-state index in [0.717, 1.165) is 24.9 Å². The molecule has 106 valence electrons. The molecular weight excluding hydrogens is 250 g/mol. The van der Waals surface area contributed by atoms with Gasteiger partial charge in [0.25, 0.3) is 0 Å². The number of benzene rings is 1. The molecule has 2 aromatic rings. The molecule has 1 atom stereocenters. The van der Waals surface area contributed by atoms with Crippen LogP contribution >= 0.6 is 0 Å². The predicted molar refractivity (Wildman–Crippen MR) is 79.7 cm³/mol. The number of nitrogens with zero attached hydrogens (tertiary/aromatic N) is 2. The third-order valence-corrected chi connectivity index (χ3v) is 4.07. The Labute approximate surface area is 119 Å². The second kappa shape index (κ2) is 5.67. The van der Waals surface area contributed by atoms with E-state index < -0.39 is 0 Å². The largest absolute Gasteiger partial charge is 0.396 e. The second-order valence-corrected chi connectivity index (χ2v) is 5.43. The smallest absolute Gasteiger partial charge is 0.0547 e. The van der Waals surface area contributed by atoms with Crippen LogP contribution < -0.4 is 5.32 Å². The molecule has 4 heteroatoms. The van der Waals surface area contributed by atoms with Gasteiger partial charge in [0.05, 0.1) is 12.2 Å². The molecule has 1 aromatic heterocycles. The van der Waals surface area contributed by atoms with Gasteiger partial charge in [-0.1, -0.05) is 12.1 Å². The van der Waals surface area contributed by atoms with E-state index in [-0.39, 0.29) is 6.61 Å². The van der Waals surface area contributed by atoms with Gasteiger partial charge in [0, 0.05) is 30.6 Å². The third-order valence-electron chi connectivity index (χ3n) is 4.07. The van der Waals surface area contributed by atoms with Gasteiger partial charge in [0.2, 0.25) is 0 Å². The van der Waals surface area contributed by atoms with E-state index in [0.29, 0.717) is 6.04 Å². The molecular formula is C16H21N3O. The molecule has 0 aliphatic heterocycles. The lowest BCUT2D eigenvalue weighted by Crippen LogP contribution is -2.17. The number of hydrogen-bond donors (Lipinski definition) is 2. The summed E-state index contributed by atoms with van der Waals surface area (Å²) in [7, 11) is 2.02. The molecule has 1 aromatic carbocycles. The lowest BCUT2D eigenvalue weighted by atomic mass is 9.93. The van der Waals surface area contributed by atoms with Gasteiger partial charge in [-0.15, -0.1) is 0 Å². The molecule has 4 nitrogen and oxygen atoms in total. The first-order valence-corrected chi connectivity index (χ1v) is 7.25. The van der Waals surface area contributed by atoms with Crippen LogP contribution in [-0.2, 0) is 19.9 Å². The number of aliphatic hydroxyl groups excluding tert-OH is 1. The minimum atomic E-state index is 0.203. The van der Waals surface area contributed by atoms with E-state index in [4.69, 9.17) is 5.11 Å². The Morgan fingerprint density at radius 3 is 2.90 bits per heavy atom. The van der Waals surface area contributed by atoms with Gasteiger partial charge < -0.3 is 10.4 Å². The van der Waals surface area contributed by atoms with E-state index >= 15 is 0 Å². The number of aromatic nitrogens is 2. The van der Waals surface area contributed by atoms with Crippen LogP contribution in [0.5, 0.6) is 0 Å². The first-order chi connectivity index (χ1) is 9.78. The van der Waals surface area contributed by atoms with E-state index in [2.05, 4.69) is 34.7 Å². The molecule has 0 bridgehead atoms. The molecule has 0 saturated carbocycles. The standard InChI is InChI=1S/C16H21N3O/c1-19-16-4-2-3-15(14(16)11-17-19)18-13-7-5-12(6-8-13)9-10-20/h5-8,11,15,18,20H,2-4,9-10H2,1H3. The summed E-state index contributed by atoms with van der Waals surface area (Å²) in [5, 5.41) is 16.9. The lowest BCUT2D eigenvalue weighted by Gasteiger charge is -2.24. The van der Waals surface area contributed by atoms with Crippen LogP contribution in [0.1, 0.15) is 35.7 Å². The summed E-state index contributed by atoms with van der Waals surface area (Å²) < 4.78 is 1.99. The quantitative estimate of drug-likeness (QED) is 0.898. The molecule has 1 unspecified atom stereocenters. The Morgan fingerprint density at radius 1 is 1.35 bits per heavy atom. The second-order valence-electron chi connectivity index (χ2n) is 5.43. The highest BCUT2D eigenvalue weighted by molar-refractivity contribution is 5.47. The van der Waals surface area contributed by atoms with Crippen LogP contribution in [-0.4, -0.2) is 21.5 Å². The third kappa shape index (κ3) is 2.56. The van der Waals surface area contributed by atoms with Crippen LogP contribution in [0.25, 0.3) is 0 Å². The minimum absolute atomic E-state index is 0.203. The molecule has 0 saturated heterocycles. The maximum absolute atomic E-state index is 8.94. The molecule has 0 fully saturated rings. The topological polar surface area (TPSA) is 50.1 Å². The SMILES string of the molecule is Cn1ncc2c1CCCC2Nc1ccc(CCO)cc1. The van der Waals surface area contributed by atoms with Crippen molar-refractivity contribution in [1.82, 2.24) is 9.78 Å². The zero-order valence-corrected chi connectivity index (χ0v) is 11.8. The van der Waals surface area contributed by atoms with Gasteiger partial charge in [0.15, 0.2) is 0 Å². The van der Waals surface area contributed by atoms with Crippen molar-refractivity contribution in [2.75, 3.05) is 11.9 Å². The molecule has 1 aliphatic carbocycles. The first kappa shape index (κ1) is 13.2. The Kier molecular flexibility index (Phi) is 3.74. The van der Waals surface area contributed by atoms with E-state index in [1.807, 2.05) is 17.9 Å². The van der Waals surface area contributed by atoms with Gasteiger partial charge in [-0.3, -0.25) is 4.68 Å². The highest BCUT2D eigenvalue weighted by Gasteiger charge is 2.23. The number of rotatable bonds is 4. The number of anilines is 1. The number of nitrogens with one attached hydrogen (secondary N) is 1. The number of hydrogen-bond acceptors (Lipinski definition) is 3. The summed E-state index contributed by atoms with van der Waals surface area (Å²) in [6.45, 7) is 0.203. The molecule has 3 rings (SSSR count). The van der Waals surface area contributed by atoms with Crippen LogP contribution in [0.15, 0.2) is 30.5 Å². The van der Waals surface area contributed by atoms with Gasteiger partial charge in [-0.2, -0.15) is 5.10 Å². The predicted octanol–water partition coefficient (Wildman–Crippen LogP) is 2.44. The van der Waals surface area contributed by atoms with E-state index in [1.54, 1.807) is 0 Å². The highest BCUT2D eigenvalue weighted by atomic mass is 16.2. The fourth-order valence-corrected chi connectivity index (χ4v) is 2.95. The van der Waals surface area contributed by atoms with Gasteiger partial charge in [0.1, 0.15) is 0 Å². The summed E-state index contributed by atoms with van der Waals surface area (Å²) in [5.74, 6) is 0. The average Bonchev–Trinajstić information content (AvgIpc) is 2.84. The first-order valence-electron chi connectivity index (χ1n) is 7.25.